The van der Waals surface area contributed by atoms with Gasteiger partial charge in [0, 0.05) is 35.9 Å². The summed E-state index contributed by atoms with van der Waals surface area (Å²) in [5.74, 6) is 0. The van der Waals surface area contributed by atoms with Crippen molar-refractivity contribution in [1.82, 2.24) is 4.57 Å². The normalized spacial score (nSPS) is 17.3. The van der Waals surface area contributed by atoms with E-state index in [1.807, 2.05) is 12.3 Å². The van der Waals surface area contributed by atoms with E-state index in [2.05, 4.69) is 36.1 Å². The molecule has 1 aliphatic rings. The molecule has 3 nitrogen and oxygen atoms in total. The number of aryl methyl sites for hydroxylation is 1. The molecule has 1 unspecified atom stereocenters. The lowest BCUT2D eigenvalue weighted by Crippen LogP contribution is -2.22. The zero-order valence-electron chi connectivity index (χ0n) is 15.5. The van der Waals surface area contributed by atoms with E-state index >= 15 is 0 Å². The molecule has 1 aromatic heterocycles. The second-order valence-electron chi connectivity index (χ2n) is 6.84. The Morgan fingerprint density at radius 2 is 1.82 bits per heavy atom. The molecule has 0 bridgehead atoms. The minimum Gasteiger partial charge on any atom is -0.352 e. The average molecular weight is 386 g/mol. The van der Waals surface area contributed by atoms with Gasteiger partial charge in [0.05, 0.1) is 12.2 Å². The van der Waals surface area contributed by atoms with Gasteiger partial charge in [-0.25, -0.2) is 0 Å². The van der Waals surface area contributed by atoms with Gasteiger partial charge in [0.25, 0.3) is 0 Å². The van der Waals surface area contributed by atoms with E-state index < -0.39 is 11.7 Å². The van der Waals surface area contributed by atoms with Crippen LogP contribution in [0.1, 0.15) is 29.8 Å². The number of benzene rings is 2. The van der Waals surface area contributed by atoms with Gasteiger partial charge < -0.3 is 14.2 Å². The molecule has 0 radical (unpaired) electrons. The minimum atomic E-state index is -4.36. The average Bonchev–Trinajstić information content (AvgIpc) is 3.37. The van der Waals surface area contributed by atoms with E-state index in [9.17, 15) is 13.2 Å². The number of aromatic nitrogens is 1. The lowest BCUT2D eigenvalue weighted by atomic mass is 10.1. The predicted molar refractivity (Wildman–Crippen MR) is 103 cm³/mol. The molecule has 146 valence electrons. The highest BCUT2D eigenvalue weighted by molar-refractivity contribution is 5.50. The molecule has 6 heteroatoms. The molecule has 1 atom stereocenters. The van der Waals surface area contributed by atoms with Crippen molar-refractivity contribution in [3.63, 3.8) is 0 Å². The maximum atomic E-state index is 13.0. The first-order chi connectivity index (χ1) is 13.5. The highest BCUT2D eigenvalue weighted by atomic mass is 19.4. The molecule has 0 saturated carbocycles. The van der Waals surface area contributed by atoms with Gasteiger partial charge in [0.15, 0.2) is 6.23 Å². The number of alkyl halides is 3. The van der Waals surface area contributed by atoms with Crippen LogP contribution < -0.4 is 4.90 Å². The molecule has 1 fully saturated rings. The third kappa shape index (κ3) is 3.64. The van der Waals surface area contributed by atoms with Gasteiger partial charge >= 0.3 is 6.18 Å². The number of ether oxygens (including phenoxy) is 1. The summed E-state index contributed by atoms with van der Waals surface area (Å²) < 4.78 is 46.6. The third-order valence-corrected chi connectivity index (χ3v) is 5.04. The second kappa shape index (κ2) is 7.36. The van der Waals surface area contributed by atoms with Crippen LogP contribution in [0, 0.1) is 0 Å². The Labute approximate surface area is 162 Å². The van der Waals surface area contributed by atoms with Crippen LogP contribution in [0.4, 0.5) is 18.9 Å². The number of hydrogen-bond acceptors (Lipinski definition) is 2. The number of halogens is 3. The van der Waals surface area contributed by atoms with Gasteiger partial charge in [-0.05, 0) is 48.4 Å². The van der Waals surface area contributed by atoms with E-state index in [-0.39, 0.29) is 6.23 Å². The molecule has 3 aromatic rings. The molecule has 0 spiro atoms. The number of rotatable bonds is 4. The first-order valence-corrected chi connectivity index (χ1v) is 9.28. The van der Waals surface area contributed by atoms with Crippen molar-refractivity contribution in [3.05, 3.63) is 83.7 Å². The fraction of sp³-hybridized carbons (Fsp3) is 0.273. The molecule has 1 saturated heterocycles. The Bertz CT molecular complexity index is 947. The Kier molecular flexibility index (Phi) is 4.89. The van der Waals surface area contributed by atoms with Crippen molar-refractivity contribution in [2.24, 2.45) is 0 Å². The maximum absolute atomic E-state index is 13.0. The predicted octanol–water partition coefficient (Wildman–Crippen LogP) is 5.59. The minimum absolute atomic E-state index is 0.250. The number of nitrogens with zero attached hydrogens (tertiary/aromatic N) is 2. The monoisotopic (exact) mass is 386 g/mol. The smallest absolute Gasteiger partial charge is 0.352 e. The second-order valence-corrected chi connectivity index (χ2v) is 6.84. The summed E-state index contributed by atoms with van der Waals surface area (Å²) in [6.45, 7) is 3.49. The number of hydrogen-bond donors (Lipinski definition) is 0. The molecule has 2 aromatic carbocycles. The molecule has 1 aliphatic heterocycles. The standard InChI is InChI=1S/C22H21F3N2O/c1-2-16-6-8-19(9-7-16)27-12-13-28-21(27)17-10-11-26(15-17)20-5-3-4-18(14-20)22(23,24)25/h3-11,14-15,21H,2,12-13H2,1H3. The summed E-state index contributed by atoms with van der Waals surface area (Å²) in [4.78, 5) is 2.17. The lowest BCUT2D eigenvalue weighted by Gasteiger charge is -2.24. The number of anilines is 1. The SMILES string of the molecule is CCc1ccc(N2CCOC2c2ccn(-c3cccc(C(F)(F)F)c3)c2)cc1. The molecule has 0 N–H and O–H groups in total. The van der Waals surface area contributed by atoms with Crippen molar-refractivity contribution in [1.29, 1.82) is 0 Å². The van der Waals surface area contributed by atoms with Gasteiger partial charge in [-0.2, -0.15) is 13.2 Å². The molecule has 28 heavy (non-hydrogen) atoms. The summed E-state index contributed by atoms with van der Waals surface area (Å²) in [5, 5.41) is 0. The summed E-state index contributed by atoms with van der Waals surface area (Å²) in [7, 11) is 0. The Hall–Kier alpha value is -2.73. The largest absolute Gasteiger partial charge is 0.416 e. The highest BCUT2D eigenvalue weighted by Gasteiger charge is 2.31. The quantitative estimate of drug-likeness (QED) is 0.581. The van der Waals surface area contributed by atoms with Crippen LogP contribution >= 0.6 is 0 Å². The van der Waals surface area contributed by atoms with Crippen LogP contribution in [-0.2, 0) is 17.3 Å². The first-order valence-electron chi connectivity index (χ1n) is 9.28. The Balaban J connectivity index is 1.59. The van der Waals surface area contributed by atoms with E-state index in [0.717, 1.165) is 36.3 Å². The van der Waals surface area contributed by atoms with Gasteiger partial charge in [-0.3, -0.25) is 0 Å². The summed E-state index contributed by atoms with van der Waals surface area (Å²) in [5.41, 5.74) is 3.07. The Morgan fingerprint density at radius 1 is 1.04 bits per heavy atom. The molecular weight excluding hydrogens is 365 g/mol. The van der Waals surface area contributed by atoms with Crippen molar-refractivity contribution in [2.75, 3.05) is 18.1 Å². The van der Waals surface area contributed by atoms with E-state index in [1.165, 1.54) is 11.6 Å². The summed E-state index contributed by atoms with van der Waals surface area (Å²) in [6, 6.07) is 15.6. The van der Waals surface area contributed by atoms with Crippen molar-refractivity contribution >= 4 is 5.69 Å². The van der Waals surface area contributed by atoms with Crippen molar-refractivity contribution in [3.8, 4) is 5.69 Å². The first kappa shape index (κ1) is 18.6. The maximum Gasteiger partial charge on any atom is 0.416 e. The van der Waals surface area contributed by atoms with Gasteiger partial charge in [-0.15, -0.1) is 0 Å². The van der Waals surface area contributed by atoms with Crippen molar-refractivity contribution < 1.29 is 17.9 Å². The fourth-order valence-corrected chi connectivity index (χ4v) is 3.50. The van der Waals surface area contributed by atoms with E-state index in [1.54, 1.807) is 16.8 Å². The van der Waals surface area contributed by atoms with Crippen molar-refractivity contribution in [2.45, 2.75) is 25.7 Å². The highest BCUT2D eigenvalue weighted by Crippen LogP contribution is 2.34. The van der Waals surface area contributed by atoms with Crippen LogP contribution in [0.5, 0.6) is 0 Å². The van der Waals surface area contributed by atoms with Crippen LogP contribution in [0.15, 0.2) is 67.0 Å². The molecular formula is C22H21F3N2O. The van der Waals surface area contributed by atoms with Gasteiger partial charge in [0.2, 0.25) is 0 Å². The van der Waals surface area contributed by atoms with Crippen LogP contribution in [0.2, 0.25) is 0 Å². The zero-order chi connectivity index (χ0) is 19.7. The molecule has 0 amide bonds. The Morgan fingerprint density at radius 3 is 2.54 bits per heavy atom. The van der Waals surface area contributed by atoms with E-state index in [0.29, 0.717) is 12.3 Å². The molecule has 2 heterocycles. The van der Waals surface area contributed by atoms with Crippen LogP contribution in [0.25, 0.3) is 5.69 Å². The van der Waals surface area contributed by atoms with Crippen LogP contribution in [0.3, 0.4) is 0 Å². The molecule has 0 aliphatic carbocycles. The summed E-state index contributed by atoms with van der Waals surface area (Å²) >= 11 is 0. The summed E-state index contributed by atoms with van der Waals surface area (Å²) in [6.07, 6.45) is -0.0225. The fourth-order valence-electron chi connectivity index (χ4n) is 3.50. The topological polar surface area (TPSA) is 17.4 Å². The molecule has 4 rings (SSSR count). The van der Waals surface area contributed by atoms with E-state index in [4.69, 9.17) is 4.74 Å². The van der Waals surface area contributed by atoms with Crippen LogP contribution in [-0.4, -0.2) is 17.7 Å². The van der Waals surface area contributed by atoms with Gasteiger partial charge in [0.1, 0.15) is 0 Å². The third-order valence-electron chi connectivity index (χ3n) is 5.04. The van der Waals surface area contributed by atoms with Gasteiger partial charge in [-0.1, -0.05) is 25.1 Å². The zero-order valence-corrected chi connectivity index (χ0v) is 15.5. The lowest BCUT2D eigenvalue weighted by molar-refractivity contribution is -0.137.